The van der Waals surface area contributed by atoms with Crippen molar-refractivity contribution in [3.05, 3.63) is 164 Å². The summed E-state index contributed by atoms with van der Waals surface area (Å²) in [5.74, 6) is 0. The van der Waals surface area contributed by atoms with Gasteiger partial charge in [0.2, 0.25) is 0 Å². The lowest BCUT2D eigenvalue weighted by molar-refractivity contribution is 0.669. The third-order valence-electron chi connectivity index (χ3n) is 10.3. The molecule has 0 saturated carbocycles. The van der Waals surface area contributed by atoms with Crippen molar-refractivity contribution >= 4 is 76.1 Å². The molecule has 11 aromatic rings. The van der Waals surface area contributed by atoms with Gasteiger partial charge in [0.25, 0.3) is 0 Å². The molecule has 0 N–H and O–H groups in total. The van der Waals surface area contributed by atoms with Gasteiger partial charge in [-0.25, -0.2) is 0 Å². The van der Waals surface area contributed by atoms with Gasteiger partial charge in [0.15, 0.2) is 0 Å². The van der Waals surface area contributed by atoms with Gasteiger partial charge in [-0.15, -0.1) is 0 Å². The average molecular weight is 610 g/mol. The zero-order valence-corrected chi connectivity index (χ0v) is 25.9. The van der Waals surface area contributed by atoms with Crippen LogP contribution in [0.1, 0.15) is 0 Å². The van der Waals surface area contributed by atoms with Crippen molar-refractivity contribution in [2.24, 2.45) is 0 Å². The predicted molar refractivity (Wildman–Crippen MR) is 203 cm³/mol. The van der Waals surface area contributed by atoms with Gasteiger partial charge in [-0.1, -0.05) is 121 Å². The Morgan fingerprint density at radius 2 is 0.958 bits per heavy atom. The van der Waals surface area contributed by atoms with E-state index in [1.807, 2.05) is 0 Å². The summed E-state index contributed by atoms with van der Waals surface area (Å²) < 4.78 is 8.76. The van der Waals surface area contributed by atoms with Gasteiger partial charge in [0.1, 0.15) is 11.2 Å². The first-order valence-corrected chi connectivity index (χ1v) is 16.5. The Morgan fingerprint density at radius 1 is 0.375 bits per heavy atom. The Hall–Kier alpha value is -6.38. The number of rotatable bonds is 3. The van der Waals surface area contributed by atoms with Gasteiger partial charge in [-0.05, 0) is 97.0 Å². The monoisotopic (exact) mass is 609 g/mol. The minimum Gasteiger partial charge on any atom is -0.456 e. The van der Waals surface area contributed by atoms with Crippen LogP contribution in [0.4, 0.5) is 0 Å². The van der Waals surface area contributed by atoms with E-state index in [9.17, 15) is 0 Å². The summed E-state index contributed by atoms with van der Waals surface area (Å²) in [6, 6.07) is 59.6. The highest BCUT2D eigenvalue weighted by Gasteiger charge is 2.21. The number of furan rings is 1. The molecule has 0 unspecified atom stereocenters. The molecule has 0 spiro atoms. The Balaban J connectivity index is 1.22. The Morgan fingerprint density at radius 3 is 1.65 bits per heavy atom. The number of hydrogen-bond donors (Lipinski definition) is 0. The molecule has 2 aromatic heterocycles. The molecule has 0 bridgehead atoms. The zero-order valence-electron chi connectivity index (χ0n) is 25.9. The molecule has 11 rings (SSSR count). The summed E-state index contributed by atoms with van der Waals surface area (Å²) >= 11 is 0. The molecule has 0 aliphatic heterocycles. The minimum absolute atomic E-state index is 0.938. The van der Waals surface area contributed by atoms with E-state index in [1.165, 1.54) is 87.1 Å². The van der Waals surface area contributed by atoms with Crippen molar-refractivity contribution in [3.63, 3.8) is 0 Å². The van der Waals surface area contributed by atoms with Crippen LogP contribution in [0.2, 0.25) is 0 Å². The van der Waals surface area contributed by atoms with Crippen LogP contribution in [0.5, 0.6) is 0 Å². The second-order valence-electron chi connectivity index (χ2n) is 12.8. The highest BCUT2D eigenvalue weighted by Crippen LogP contribution is 2.48. The molecule has 0 aliphatic rings. The summed E-state index contributed by atoms with van der Waals surface area (Å²) in [6.07, 6.45) is 0. The summed E-state index contributed by atoms with van der Waals surface area (Å²) in [5, 5.41) is 12.4. The highest BCUT2D eigenvalue weighted by molar-refractivity contribution is 6.28. The topological polar surface area (TPSA) is 18.1 Å². The third-order valence-corrected chi connectivity index (χ3v) is 10.3. The summed E-state index contributed by atoms with van der Waals surface area (Å²) in [7, 11) is 0. The van der Waals surface area contributed by atoms with Crippen LogP contribution in [0.15, 0.2) is 168 Å². The molecule has 0 amide bonds. The van der Waals surface area contributed by atoms with Crippen molar-refractivity contribution < 1.29 is 4.42 Å². The van der Waals surface area contributed by atoms with Crippen LogP contribution in [-0.2, 0) is 0 Å². The second kappa shape index (κ2) is 9.57. The second-order valence-corrected chi connectivity index (χ2v) is 12.8. The van der Waals surface area contributed by atoms with Crippen LogP contribution in [0.25, 0.3) is 104 Å². The molecule has 222 valence electrons. The molecule has 0 saturated heterocycles. The van der Waals surface area contributed by atoms with Crippen LogP contribution in [0, 0.1) is 0 Å². The normalized spacial score (nSPS) is 12.2. The molecule has 0 radical (unpaired) electrons. The standard InChI is InChI=1S/C46H27NO/c1-3-18-35-33(16-1)43(29-12-9-13-30(27-29)47-39-20-7-5-14-31(39)32-15-6-8-21-40(32)47)34-17-2-4-19-36(34)45(35)37-25-26-42-46-38(37)24-23-28-11-10-22-41(48-42)44(28)46/h1-27H. The van der Waals surface area contributed by atoms with Crippen LogP contribution in [0.3, 0.4) is 0 Å². The number of fused-ring (bicyclic) bond motifs is 5. The van der Waals surface area contributed by atoms with Crippen molar-refractivity contribution in [2.75, 3.05) is 0 Å². The van der Waals surface area contributed by atoms with Gasteiger partial charge < -0.3 is 8.98 Å². The van der Waals surface area contributed by atoms with Crippen LogP contribution >= 0.6 is 0 Å². The van der Waals surface area contributed by atoms with E-state index in [2.05, 4.69) is 168 Å². The number of nitrogens with zero attached hydrogens (tertiary/aromatic N) is 1. The quantitative estimate of drug-likeness (QED) is 0.144. The highest BCUT2D eigenvalue weighted by atomic mass is 16.3. The average Bonchev–Trinajstić information content (AvgIpc) is 3.70. The number of hydrogen-bond acceptors (Lipinski definition) is 1. The zero-order chi connectivity index (χ0) is 31.3. The van der Waals surface area contributed by atoms with Crippen molar-refractivity contribution in [2.45, 2.75) is 0 Å². The predicted octanol–water partition coefficient (Wildman–Crippen LogP) is 12.9. The molecule has 48 heavy (non-hydrogen) atoms. The van der Waals surface area contributed by atoms with Crippen LogP contribution in [-0.4, -0.2) is 4.57 Å². The maximum atomic E-state index is 6.35. The lowest BCUT2D eigenvalue weighted by Crippen LogP contribution is -1.95. The summed E-state index contributed by atoms with van der Waals surface area (Å²) in [4.78, 5) is 0. The molecule has 2 nitrogen and oxygen atoms in total. The van der Waals surface area contributed by atoms with Crippen molar-refractivity contribution in [1.82, 2.24) is 4.57 Å². The fourth-order valence-corrected chi connectivity index (χ4v) is 8.40. The molecule has 2 heteroatoms. The maximum Gasteiger partial charge on any atom is 0.136 e. The Kier molecular flexibility index (Phi) is 5.14. The Bertz CT molecular complexity index is 2960. The lowest BCUT2D eigenvalue weighted by atomic mass is 9.84. The molecule has 0 aliphatic carbocycles. The minimum atomic E-state index is 0.938. The molecule has 0 fully saturated rings. The first-order valence-electron chi connectivity index (χ1n) is 16.5. The first-order chi connectivity index (χ1) is 23.8. The van der Waals surface area contributed by atoms with E-state index in [1.54, 1.807) is 0 Å². The van der Waals surface area contributed by atoms with E-state index in [4.69, 9.17) is 4.42 Å². The van der Waals surface area contributed by atoms with Gasteiger partial charge in [-0.3, -0.25) is 0 Å². The van der Waals surface area contributed by atoms with Crippen LogP contribution < -0.4 is 0 Å². The van der Waals surface area contributed by atoms with Crippen molar-refractivity contribution in [1.29, 1.82) is 0 Å². The number of aromatic nitrogens is 1. The van der Waals surface area contributed by atoms with E-state index >= 15 is 0 Å². The molecule has 2 heterocycles. The molecule has 0 atom stereocenters. The van der Waals surface area contributed by atoms with E-state index in [0.29, 0.717) is 0 Å². The molecular formula is C46H27NO. The number of benzene rings is 9. The van der Waals surface area contributed by atoms with Gasteiger partial charge in [-0.2, -0.15) is 0 Å². The SMILES string of the molecule is c1cc(-c2c3ccccc3c(-c3ccc4oc5cccc6ccc3c4c65)c3ccccc23)cc(-n2c3ccccc3c3ccccc32)c1. The Labute approximate surface area is 276 Å². The largest absolute Gasteiger partial charge is 0.456 e. The van der Waals surface area contributed by atoms with Gasteiger partial charge >= 0.3 is 0 Å². The summed E-state index contributed by atoms with van der Waals surface area (Å²) in [6.45, 7) is 0. The van der Waals surface area contributed by atoms with E-state index in [-0.39, 0.29) is 0 Å². The van der Waals surface area contributed by atoms with Crippen molar-refractivity contribution in [3.8, 4) is 27.9 Å². The van der Waals surface area contributed by atoms with E-state index < -0.39 is 0 Å². The third kappa shape index (κ3) is 3.41. The number of para-hydroxylation sites is 2. The smallest absolute Gasteiger partial charge is 0.136 e. The van der Waals surface area contributed by atoms with Gasteiger partial charge in [0, 0.05) is 27.2 Å². The molecule has 9 aromatic carbocycles. The maximum absolute atomic E-state index is 6.35. The lowest BCUT2D eigenvalue weighted by Gasteiger charge is -2.19. The van der Waals surface area contributed by atoms with E-state index in [0.717, 1.165) is 16.9 Å². The summed E-state index contributed by atoms with van der Waals surface area (Å²) in [5.41, 5.74) is 10.4. The fraction of sp³-hybridized carbons (Fsp3) is 0. The molecular weight excluding hydrogens is 583 g/mol. The fourth-order valence-electron chi connectivity index (χ4n) is 8.40. The first kappa shape index (κ1) is 25.8. The van der Waals surface area contributed by atoms with Gasteiger partial charge in [0.05, 0.1) is 11.0 Å².